The number of nitrogens with zero attached hydrogens (tertiary/aromatic N) is 2. The lowest BCUT2D eigenvalue weighted by atomic mass is 10.2. The highest BCUT2D eigenvalue weighted by molar-refractivity contribution is 6.05. The maximum atomic E-state index is 11.9. The van der Waals surface area contributed by atoms with E-state index in [4.69, 9.17) is 4.52 Å². The Bertz CT molecular complexity index is 507. The number of hydrogen-bond acceptors (Lipinski definition) is 4. The van der Waals surface area contributed by atoms with Gasteiger partial charge in [-0.15, -0.1) is 0 Å². The minimum atomic E-state index is -0.250. The molecule has 16 heavy (non-hydrogen) atoms. The van der Waals surface area contributed by atoms with Crippen LogP contribution in [0.2, 0.25) is 0 Å². The Morgan fingerprint density at radius 2 is 2.19 bits per heavy atom. The third-order valence-electron chi connectivity index (χ3n) is 2.22. The fraction of sp³-hybridized carbons (Fsp3) is 0.300. The molecule has 2 heterocycles. The van der Waals surface area contributed by atoms with Crippen LogP contribution in [0.1, 0.15) is 27.4 Å². The largest absolute Gasteiger partial charge is 0.338 e. The number of anilines is 1. The summed E-state index contributed by atoms with van der Waals surface area (Å²) in [6.07, 6.45) is 0. The number of aromatic nitrogens is 3. The Balaban J connectivity index is 2.21. The van der Waals surface area contributed by atoms with Gasteiger partial charge in [-0.25, -0.2) is 0 Å². The highest BCUT2D eigenvalue weighted by Crippen LogP contribution is 2.14. The Morgan fingerprint density at radius 3 is 2.69 bits per heavy atom. The van der Waals surface area contributed by atoms with Crippen LogP contribution < -0.4 is 5.32 Å². The van der Waals surface area contributed by atoms with Gasteiger partial charge >= 0.3 is 0 Å². The van der Waals surface area contributed by atoms with Crippen molar-refractivity contribution < 1.29 is 9.32 Å². The molecule has 0 saturated heterocycles. The molecule has 0 aliphatic heterocycles. The molecule has 0 unspecified atom stereocenters. The zero-order valence-electron chi connectivity index (χ0n) is 9.29. The van der Waals surface area contributed by atoms with E-state index < -0.39 is 0 Å². The van der Waals surface area contributed by atoms with E-state index in [9.17, 15) is 4.79 Å². The number of carbonyl (C=O) groups excluding carboxylic acids is 1. The van der Waals surface area contributed by atoms with Crippen LogP contribution in [0.4, 0.5) is 5.88 Å². The third kappa shape index (κ3) is 1.81. The lowest BCUT2D eigenvalue weighted by Crippen LogP contribution is -2.13. The first-order chi connectivity index (χ1) is 7.58. The van der Waals surface area contributed by atoms with Crippen molar-refractivity contribution in [3.8, 4) is 0 Å². The van der Waals surface area contributed by atoms with E-state index in [0.717, 1.165) is 11.4 Å². The van der Waals surface area contributed by atoms with Crippen LogP contribution in [-0.4, -0.2) is 21.3 Å². The number of aryl methyl sites for hydroxylation is 3. The Hall–Kier alpha value is -2.11. The summed E-state index contributed by atoms with van der Waals surface area (Å²) in [6, 6.07) is 1.66. The van der Waals surface area contributed by atoms with Crippen LogP contribution in [0.15, 0.2) is 10.6 Å². The normalized spacial score (nSPS) is 10.4. The molecule has 0 aromatic carbocycles. The van der Waals surface area contributed by atoms with Gasteiger partial charge in [0.15, 0.2) is 0 Å². The van der Waals surface area contributed by atoms with Crippen LogP contribution in [0, 0.1) is 20.8 Å². The standard InChI is InChI=1S/C10H12N4O2/c1-5-4-8(16-14-5)11-10(15)9-6(2)12-13-7(9)3/h4H,1-3H3,(H,11,15)(H,12,13). The molecule has 84 valence electrons. The number of H-pyrrole nitrogens is 1. The van der Waals surface area contributed by atoms with Crippen molar-refractivity contribution in [3.63, 3.8) is 0 Å². The van der Waals surface area contributed by atoms with Crippen molar-refractivity contribution in [2.75, 3.05) is 5.32 Å². The van der Waals surface area contributed by atoms with E-state index in [-0.39, 0.29) is 5.91 Å². The molecule has 1 amide bonds. The summed E-state index contributed by atoms with van der Waals surface area (Å²) in [5.41, 5.74) is 2.64. The molecule has 0 spiro atoms. The van der Waals surface area contributed by atoms with Crippen LogP contribution in [-0.2, 0) is 0 Å². The summed E-state index contributed by atoms with van der Waals surface area (Å²) in [4.78, 5) is 11.9. The van der Waals surface area contributed by atoms with E-state index in [1.54, 1.807) is 26.8 Å². The third-order valence-corrected chi connectivity index (χ3v) is 2.22. The van der Waals surface area contributed by atoms with Crippen molar-refractivity contribution in [1.82, 2.24) is 15.4 Å². The minimum Gasteiger partial charge on any atom is -0.338 e. The Kier molecular flexibility index (Phi) is 2.47. The molecule has 0 bridgehead atoms. The van der Waals surface area contributed by atoms with E-state index in [0.29, 0.717) is 17.1 Å². The summed E-state index contributed by atoms with van der Waals surface area (Å²) >= 11 is 0. The van der Waals surface area contributed by atoms with Crippen molar-refractivity contribution in [1.29, 1.82) is 0 Å². The minimum absolute atomic E-state index is 0.250. The number of aromatic amines is 1. The van der Waals surface area contributed by atoms with Gasteiger partial charge in [-0.3, -0.25) is 15.2 Å². The smallest absolute Gasteiger partial charge is 0.261 e. The number of hydrogen-bond donors (Lipinski definition) is 2. The van der Waals surface area contributed by atoms with Gasteiger partial charge in [0, 0.05) is 11.8 Å². The molecule has 6 nitrogen and oxygen atoms in total. The molecule has 0 aliphatic carbocycles. The van der Waals surface area contributed by atoms with E-state index in [2.05, 4.69) is 20.7 Å². The first-order valence-corrected chi connectivity index (χ1v) is 4.84. The predicted molar refractivity (Wildman–Crippen MR) is 57.3 cm³/mol. The van der Waals surface area contributed by atoms with Gasteiger partial charge in [-0.05, 0) is 20.8 Å². The summed E-state index contributed by atoms with van der Waals surface area (Å²) < 4.78 is 4.90. The lowest BCUT2D eigenvalue weighted by Gasteiger charge is -2.00. The SMILES string of the molecule is Cc1cc(NC(=O)c2c(C)n[nH]c2C)on1. The summed E-state index contributed by atoms with van der Waals surface area (Å²) in [7, 11) is 0. The second-order valence-corrected chi connectivity index (χ2v) is 3.60. The van der Waals surface area contributed by atoms with E-state index >= 15 is 0 Å². The molecular formula is C10H12N4O2. The molecular weight excluding hydrogens is 208 g/mol. The first kappa shape index (κ1) is 10.4. The van der Waals surface area contributed by atoms with Crippen molar-refractivity contribution in [3.05, 3.63) is 28.7 Å². The molecule has 0 aliphatic rings. The highest BCUT2D eigenvalue weighted by atomic mass is 16.5. The van der Waals surface area contributed by atoms with Crippen molar-refractivity contribution >= 4 is 11.8 Å². The molecule has 2 rings (SSSR count). The van der Waals surface area contributed by atoms with E-state index in [1.165, 1.54) is 0 Å². The Labute approximate surface area is 92.0 Å². The van der Waals surface area contributed by atoms with Gasteiger partial charge in [-0.1, -0.05) is 5.16 Å². The average Bonchev–Trinajstić information content (AvgIpc) is 2.74. The van der Waals surface area contributed by atoms with Gasteiger partial charge < -0.3 is 4.52 Å². The summed E-state index contributed by atoms with van der Waals surface area (Å²) in [5.74, 6) is 0.0856. The quantitative estimate of drug-likeness (QED) is 0.804. The topological polar surface area (TPSA) is 83.8 Å². The van der Waals surface area contributed by atoms with Crippen LogP contribution in [0.3, 0.4) is 0 Å². The second kappa shape index (κ2) is 3.80. The molecule has 2 aromatic rings. The molecule has 2 N–H and O–H groups in total. The fourth-order valence-electron chi connectivity index (χ4n) is 1.48. The molecule has 2 aromatic heterocycles. The summed E-state index contributed by atoms with van der Waals surface area (Å²) in [5, 5.41) is 13.0. The summed E-state index contributed by atoms with van der Waals surface area (Å²) in [6.45, 7) is 5.35. The maximum Gasteiger partial charge on any atom is 0.261 e. The lowest BCUT2D eigenvalue weighted by molar-refractivity contribution is 0.102. The highest BCUT2D eigenvalue weighted by Gasteiger charge is 2.16. The van der Waals surface area contributed by atoms with Crippen molar-refractivity contribution in [2.24, 2.45) is 0 Å². The molecule has 0 fully saturated rings. The number of amides is 1. The first-order valence-electron chi connectivity index (χ1n) is 4.84. The van der Waals surface area contributed by atoms with Crippen LogP contribution in [0.25, 0.3) is 0 Å². The monoisotopic (exact) mass is 220 g/mol. The van der Waals surface area contributed by atoms with E-state index in [1.807, 2.05) is 0 Å². The Morgan fingerprint density at radius 1 is 1.44 bits per heavy atom. The van der Waals surface area contributed by atoms with Gasteiger partial charge in [0.1, 0.15) is 0 Å². The maximum absolute atomic E-state index is 11.9. The number of rotatable bonds is 2. The van der Waals surface area contributed by atoms with Gasteiger partial charge in [0.2, 0.25) is 5.88 Å². The van der Waals surface area contributed by atoms with Crippen molar-refractivity contribution in [2.45, 2.75) is 20.8 Å². The van der Waals surface area contributed by atoms with Crippen LogP contribution in [0.5, 0.6) is 0 Å². The van der Waals surface area contributed by atoms with Crippen LogP contribution >= 0.6 is 0 Å². The predicted octanol–water partition coefficient (Wildman–Crippen LogP) is 1.58. The molecule has 0 saturated carbocycles. The number of nitrogens with one attached hydrogen (secondary N) is 2. The second-order valence-electron chi connectivity index (χ2n) is 3.60. The average molecular weight is 220 g/mol. The van der Waals surface area contributed by atoms with Gasteiger partial charge in [0.25, 0.3) is 5.91 Å². The fourth-order valence-corrected chi connectivity index (χ4v) is 1.48. The number of carbonyl (C=O) groups is 1. The molecule has 0 radical (unpaired) electrons. The zero-order chi connectivity index (χ0) is 11.7. The van der Waals surface area contributed by atoms with Gasteiger partial charge in [-0.2, -0.15) is 5.10 Å². The zero-order valence-corrected chi connectivity index (χ0v) is 9.29. The molecule has 0 atom stereocenters. The molecule has 6 heteroatoms. The van der Waals surface area contributed by atoms with Gasteiger partial charge in [0.05, 0.1) is 17.0 Å².